The van der Waals surface area contributed by atoms with Crippen molar-refractivity contribution in [3.8, 4) is 0 Å². The highest BCUT2D eigenvalue weighted by Gasteiger charge is 2.14. The lowest BCUT2D eigenvalue weighted by Gasteiger charge is -2.07. The lowest BCUT2D eigenvalue weighted by Crippen LogP contribution is -2.22. The lowest BCUT2D eigenvalue weighted by atomic mass is 10.1. The number of carboxylic acid groups (broad SMARTS) is 1. The maximum atomic E-state index is 11.8. The van der Waals surface area contributed by atoms with Crippen molar-refractivity contribution < 1.29 is 24.2 Å². The summed E-state index contributed by atoms with van der Waals surface area (Å²) in [5, 5.41) is 19.1. The van der Waals surface area contributed by atoms with Crippen LogP contribution in [0.3, 0.4) is 0 Å². The summed E-state index contributed by atoms with van der Waals surface area (Å²) in [5.74, 6) is -1.86. The second kappa shape index (κ2) is 6.77. The van der Waals surface area contributed by atoms with Crippen LogP contribution in [-0.2, 0) is 6.61 Å². The van der Waals surface area contributed by atoms with Gasteiger partial charge in [0.2, 0.25) is 5.55 Å². The highest BCUT2D eigenvalue weighted by atomic mass is 16.4. The Balaban J connectivity index is 2.33. The smallest absolute Gasteiger partial charge is 0.335 e. The van der Waals surface area contributed by atoms with Crippen LogP contribution in [0.1, 0.15) is 32.0 Å². The molecule has 8 nitrogen and oxygen atoms in total. The number of hydrogen-bond donors (Lipinski definition) is 3. The minimum atomic E-state index is -1.10. The standard InChI is InChI=1S/C18H15N3O5/c1-9-15-13(11(8-22)7-20-9)6-14(16(19)23)17(26-15)21-12-4-2-3-10(5-12)18(24)25/h2-7,22H,8H2,1H3,(H2,19,23)(H,24,25). The van der Waals surface area contributed by atoms with Gasteiger partial charge in [-0.15, -0.1) is 0 Å². The molecule has 0 aliphatic rings. The van der Waals surface area contributed by atoms with E-state index in [4.69, 9.17) is 15.3 Å². The fourth-order valence-electron chi connectivity index (χ4n) is 2.50. The Morgan fingerprint density at radius 2 is 2.08 bits per heavy atom. The zero-order valence-corrected chi connectivity index (χ0v) is 13.8. The Hall–Kier alpha value is -3.52. The molecule has 0 saturated heterocycles. The largest absolute Gasteiger partial charge is 0.478 e. The molecular formula is C18H15N3O5. The number of primary amides is 1. The summed E-state index contributed by atoms with van der Waals surface area (Å²) >= 11 is 0. The average Bonchev–Trinajstić information content (AvgIpc) is 2.62. The van der Waals surface area contributed by atoms with Gasteiger partial charge in [0, 0.05) is 17.1 Å². The van der Waals surface area contributed by atoms with Crippen molar-refractivity contribution in [2.24, 2.45) is 10.7 Å². The quantitative estimate of drug-likeness (QED) is 0.652. The van der Waals surface area contributed by atoms with Crippen LogP contribution < -0.4 is 11.3 Å². The molecule has 0 spiro atoms. The number of fused-ring (bicyclic) bond motifs is 1. The van der Waals surface area contributed by atoms with E-state index in [0.717, 1.165) is 0 Å². The molecule has 0 unspecified atom stereocenters. The summed E-state index contributed by atoms with van der Waals surface area (Å²) in [4.78, 5) is 31.3. The first-order valence-electron chi connectivity index (χ1n) is 7.61. The van der Waals surface area contributed by atoms with Crippen LogP contribution in [0, 0.1) is 6.92 Å². The highest BCUT2D eigenvalue weighted by Crippen LogP contribution is 2.21. The number of aryl methyl sites for hydroxylation is 1. The number of carbonyl (C=O) groups excluding carboxylic acids is 1. The van der Waals surface area contributed by atoms with Crippen molar-refractivity contribution in [1.82, 2.24) is 4.98 Å². The molecule has 3 aromatic rings. The summed E-state index contributed by atoms with van der Waals surface area (Å²) < 4.78 is 5.74. The van der Waals surface area contributed by atoms with Crippen molar-refractivity contribution in [1.29, 1.82) is 0 Å². The number of aliphatic hydroxyl groups is 1. The Labute approximate surface area is 147 Å². The molecule has 0 aliphatic carbocycles. The summed E-state index contributed by atoms with van der Waals surface area (Å²) in [6.07, 6.45) is 1.49. The molecule has 1 amide bonds. The summed E-state index contributed by atoms with van der Waals surface area (Å²) in [7, 11) is 0. The zero-order valence-electron chi connectivity index (χ0n) is 13.8. The number of aromatic carboxylic acids is 1. The Morgan fingerprint density at radius 1 is 1.31 bits per heavy atom. The Kier molecular flexibility index (Phi) is 4.51. The van der Waals surface area contributed by atoms with Crippen LogP contribution >= 0.6 is 0 Å². The molecule has 0 aliphatic heterocycles. The van der Waals surface area contributed by atoms with Crippen molar-refractivity contribution in [2.75, 3.05) is 0 Å². The Bertz CT molecular complexity index is 1100. The molecule has 26 heavy (non-hydrogen) atoms. The minimum absolute atomic E-state index is 0.0125. The van der Waals surface area contributed by atoms with Gasteiger partial charge in [-0.25, -0.2) is 9.79 Å². The first kappa shape index (κ1) is 17.3. The second-order valence-corrected chi connectivity index (χ2v) is 5.57. The number of nitrogens with zero attached hydrogens (tertiary/aromatic N) is 2. The maximum absolute atomic E-state index is 11.8. The molecular weight excluding hydrogens is 338 g/mol. The number of carbonyl (C=O) groups is 2. The number of amides is 1. The van der Waals surface area contributed by atoms with Gasteiger partial charge in [-0.3, -0.25) is 9.78 Å². The van der Waals surface area contributed by atoms with Crippen molar-refractivity contribution in [3.63, 3.8) is 0 Å². The van der Waals surface area contributed by atoms with Gasteiger partial charge in [0.15, 0.2) is 5.58 Å². The SMILES string of the molecule is Cc1ncc(CO)c2cc(C(N)=O)c(=Nc3cccc(C(=O)O)c3)oc12. The van der Waals surface area contributed by atoms with Gasteiger partial charge in [0.25, 0.3) is 5.91 Å². The maximum Gasteiger partial charge on any atom is 0.335 e. The van der Waals surface area contributed by atoms with Gasteiger partial charge in [0.05, 0.1) is 23.6 Å². The van der Waals surface area contributed by atoms with Crippen molar-refractivity contribution >= 4 is 28.5 Å². The summed E-state index contributed by atoms with van der Waals surface area (Å²) in [6, 6.07) is 7.37. The van der Waals surface area contributed by atoms with Gasteiger partial charge in [0.1, 0.15) is 5.56 Å². The third-order valence-corrected chi connectivity index (χ3v) is 3.81. The molecule has 0 bridgehead atoms. The van der Waals surface area contributed by atoms with E-state index in [1.165, 1.54) is 30.5 Å². The number of hydrogen-bond acceptors (Lipinski definition) is 6. The van der Waals surface area contributed by atoms with E-state index in [2.05, 4.69) is 9.98 Å². The highest BCUT2D eigenvalue weighted by molar-refractivity contribution is 5.96. The van der Waals surface area contributed by atoms with E-state index in [-0.39, 0.29) is 23.3 Å². The van der Waals surface area contributed by atoms with Gasteiger partial charge >= 0.3 is 5.97 Å². The van der Waals surface area contributed by atoms with E-state index in [0.29, 0.717) is 27.9 Å². The number of benzene rings is 1. The number of aromatic nitrogens is 1. The number of nitrogens with two attached hydrogens (primary N) is 1. The zero-order chi connectivity index (χ0) is 18.8. The fraction of sp³-hybridized carbons (Fsp3) is 0.111. The molecule has 0 radical (unpaired) electrons. The monoisotopic (exact) mass is 353 g/mol. The van der Waals surface area contributed by atoms with Crippen LogP contribution in [0.5, 0.6) is 0 Å². The lowest BCUT2D eigenvalue weighted by molar-refractivity contribution is 0.0696. The second-order valence-electron chi connectivity index (χ2n) is 5.57. The molecule has 132 valence electrons. The van der Waals surface area contributed by atoms with Gasteiger partial charge in [-0.2, -0.15) is 0 Å². The molecule has 3 rings (SSSR count). The normalized spacial score (nSPS) is 11.7. The van der Waals surface area contributed by atoms with E-state index in [1.54, 1.807) is 13.0 Å². The number of aliphatic hydroxyl groups excluding tert-OH is 1. The predicted octanol–water partition coefficient (Wildman–Crippen LogP) is 1.66. The number of rotatable bonds is 4. The molecule has 2 aromatic heterocycles. The van der Waals surface area contributed by atoms with Crippen LogP contribution in [-0.4, -0.2) is 27.1 Å². The van der Waals surface area contributed by atoms with Gasteiger partial charge in [-0.1, -0.05) is 6.07 Å². The van der Waals surface area contributed by atoms with Crippen molar-refractivity contribution in [2.45, 2.75) is 13.5 Å². The Morgan fingerprint density at radius 3 is 2.73 bits per heavy atom. The number of carboxylic acids is 1. The van der Waals surface area contributed by atoms with Crippen LogP contribution in [0.25, 0.3) is 11.0 Å². The van der Waals surface area contributed by atoms with E-state index < -0.39 is 11.9 Å². The first-order chi connectivity index (χ1) is 12.4. The topological polar surface area (TPSA) is 139 Å². The van der Waals surface area contributed by atoms with Gasteiger partial charge < -0.3 is 20.4 Å². The van der Waals surface area contributed by atoms with Crippen molar-refractivity contribution in [3.05, 3.63) is 64.5 Å². The average molecular weight is 353 g/mol. The van der Waals surface area contributed by atoms with E-state index in [9.17, 15) is 14.7 Å². The molecule has 0 fully saturated rings. The van der Waals surface area contributed by atoms with Crippen LogP contribution in [0.2, 0.25) is 0 Å². The fourth-order valence-corrected chi connectivity index (χ4v) is 2.50. The van der Waals surface area contributed by atoms with E-state index >= 15 is 0 Å². The first-order valence-corrected chi connectivity index (χ1v) is 7.61. The molecule has 0 saturated carbocycles. The third-order valence-electron chi connectivity index (χ3n) is 3.81. The summed E-state index contributed by atoms with van der Waals surface area (Å²) in [6.45, 7) is 1.43. The summed E-state index contributed by atoms with van der Waals surface area (Å²) in [5.41, 5.74) is 7.11. The molecule has 8 heteroatoms. The van der Waals surface area contributed by atoms with Crippen LogP contribution in [0.15, 0.2) is 45.9 Å². The molecule has 1 aromatic carbocycles. The molecule has 0 atom stereocenters. The number of pyridine rings is 1. The van der Waals surface area contributed by atoms with E-state index in [1.807, 2.05) is 0 Å². The van der Waals surface area contributed by atoms with Gasteiger partial charge in [-0.05, 0) is 31.2 Å². The third kappa shape index (κ3) is 3.17. The molecule has 2 heterocycles. The molecule has 4 N–H and O–H groups in total. The minimum Gasteiger partial charge on any atom is -0.478 e. The predicted molar refractivity (Wildman–Crippen MR) is 91.8 cm³/mol. The van der Waals surface area contributed by atoms with Crippen LogP contribution in [0.4, 0.5) is 5.69 Å².